The number of hydrogen-bond acceptors (Lipinski definition) is 9. The fourth-order valence-electron chi connectivity index (χ4n) is 7.36. The molecule has 3 aliphatic carbocycles. The summed E-state index contributed by atoms with van der Waals surface area (Å²) in [4.78, 5) is 48.2. The molecule has 0 bridgehead atoms. The van der Waals surface area contributed by atoms with Crippen molar-refractivity contribution in [1.82, 2.24) is 29.7 Å². The van der Waals surface area contributed by atoms with Gasteiger partial charge in [0.15, 0.2) is 5.82 Å². The molecule has 0 aliphatic heterocycles. The Morgan fingerprint density at radius 2 is 1.81 bits per heavy atom. The number of sulfonamides is 1. The summed E-state index contributed by atoms with van der Waals surface area (Å²) in [6, 6.07) is 7.55. The van der Waals surface area contributed by atoms with Crippen LogP contribution in [0.5, 0.6) is 11.5 Å². The van der Waals surface area contributed by atoms with Crippen molar-refractivity contribution >= 4 is 38.6 Å². The molecule has 0 saturated heterocycles. The molecular weight excluding hydrogens is 685 g/mol. The van der Waals surface area contributed by atoms with E-state index in [-0.39, 0.29) is 30.6 Å². The molecule has 52 heavy (non-hydrogen) atoms. The molecule has 0 unspecified atom stereocenters. The van der Waals surface area contributed by atoms with Gasteiger partial charge in [-0.1, -0.05) is 40.5 Å². The van der Waals surface area contributed by atoms with Crippen molar-refractivity contribution in [3.63, 3.8) is 0 Å². The van der Waals surface area contributed by atoms with Crippen LogP contribution >= 0.6 is 0 Å². The molecule has 0 spiro atoms. The second kappa shape index (κ2) is 14.7. The number of pyridine rings is 1. The highest BCUT2D eigenvalue weighted by Gasteiger charge is 2.61. The van der Waals surface area contributed by atoms with E-state index in [1.807, 2.05) is 37.4 Å². The first-order valence-corrected chi connectivity index (χ1v) is 20.1. The lowest BCUT2D eigenvalue weighted by Crippen LogP contribution is -2.54. The molecule has 0 radical (unpaired) electrons. The molecule has 282 valence electrons. The summed E-state index contributed by atoms with van der Waals surface area (Å²) in [5.74, 6) is -1.08. The minimum absolute atomic E-state index is 0.153. The molecule has 1 aromatic carbocycles. The van der Waals surface area contributed by atoms with E-state index in [0.29, 0.717) is 48.6 Å². The number of unbranched alkanes of at least 4 members (excludes halogenated alkanes) is 2. The van der Waals surface area contributed by atoms with Crippen LogP contribution in [0.4, 0.5) is 0 Å². The molecular formula is C38H52N6O7S. The van der Waals surface area contributed by atoms with Crippen molar-refractivity contribution < 1.29 is 32.3 Å². The van der Waals surface area contributed by atoms with Gasteiger partial charge in [0.25, 0.3) is 5.91 Å². The van der Waals surface area contributed by atoms with Gasteiger partial charge in [-0.05, 0) is 75.5 Å². The van der Waals surface area contributed by atoms with E-state index >= 15 is 0 Å². The van der Waals surface area contributed by atoms with E-state index in [9.17, 15) is 22.8 Å². The van der Waals surface area contributed by atoms with Crippen LogP contribution in [0.3, 0.4) is 0 Å². The third-order valence-corrected chi connectivity index (χ3v) is 12.8. The Morgan fingerprint density at radius 3 is 2.42 bits per heavy atom. The van der Waals surface area contributed by atoms with Gasteiger partial charge >= 0.3 is 0 Å². The first-order chi connectivity index (χ1) is 24.7. The Kier molecular flexibility index (Phi) is 10.6. The van der Waals surface area contributed by atoms with Crippen LogP contribution in [-0.4, -0.2) is 83.4 Å². The summed E-state index contributed by atoms with van der Waals surface area (Å²) >= 11 is 0. The van der Waals surface area contributed by atoms with Crippen molar-refractivity contribution in [3.05, 3.63) is 41.7 Å². The van der Waals surface area contributed by atoms with Gasteiger partial charge in [-0.2, -0.15) is 5.10 Å². The second-order valence-electron chi connectivity index (χ2n) is 15.2. The highest BCUT2D eigenvalue weighted by atomic mass is 32.2. The zero-order valence-corrected chi connectivity index (χ0v) is 32.1. The zero-order valence-electron chi connectivity index (χ0n) is 31.3. The van der Waals surface area contributed by atoms with E-state index < -0.39 is 50.6 Å². The lowest BCUT2D eigenvalue weighted by molar-refractivity contribution is -0.140. The van der Waals surface area contributed by atoms with E-state index in [0.717, 1.165) is 35.9 Å². The second-order valence-corrected chi connectivity index (χ2v) is 17.2. The smallest absolute Gasteiger partial charge is 0.259 e. The Morgan fingerprint density at radius 1 is 1.10 bits per heavy atom. The van der Waals surface area contributed by atoms with E-state index in [1.165, 1.54) is 0 Å². The molecule has 2 N–H and O–H groups in total. The zero-order chi connectivity index (χ0) is 37.5. The van der Waals surface area contributed by atoms with Gasteiger partial charge in [0.2, 0.25) is 21.8 Å². The number of hydrogen-bond donors (Lipinski definition) is 2. The van der Waals surface area contributed by atoms with Crippen LogP contribution in [0.15, 0.2) is 30.5 Å². The Labute approximate surface area is 306 Å². The predicted molar refractivity (Wildman–Crippen MR) is 197 cm³/mol. The van der Waals surface area contributed by atoms with Crippen molar-refractivity contribution in [3.8, 4) is 17.3 Å². The van der Waals surface area contributed by atoms with Gasteiger partial charge in [-0.15, -0.1) is 0 Å². The lowest BCUT2D eigenvalue weighted by atomic mass is 9.93. The summed E-state index contributed by atoms with van der Waals surface area (Å²) in [7, 11) is -0.429. The Hall–Kier alpha value is -4.20. The molecule has 13 nitrogen and oxygen atoms in total. The number of fused-ring (bicyclic) bond motifs is 1. The third-order valence-electron chi connectivity index (χ3n) is 11.0. The van der Waals surface area contributed by atoms with Crippen LogP contribution in [0.25, 0.3) is 16.7 Å². The SMILES string of the molecule is CCCCCN(C)C(=O)[C@@H]1C[C@H](Oc2cc(-n3ccc(C(C)C)n3)nc3c(C)c(OC)ccc23)C[C@H]1C(=O)N[C@]1(C(=O)NS(=O)(=O)C2CC2)C[C@H]1C. The van der Waals surface area contributed by atoms with Gasteiger partial charge in [0, 0.05) is 36.8 Å². The minimum Gasteiger partial charge on any atom is -0.496 e. The van der Waals surface area contributed by atoms with Crippen molar-refractivity contribution in [1.29, 1.82) is 0 Å². The van der Waals surface area contributed by atoms with E-state index in [4.69, 9.17) is 19.6 Å². The summed E-state index contributed by atoms with van der Waals surface area (Å²) in [6.45, 7) is 10.6. The maximum Gasteiger partial charge on any atom is 0.259 e. The third kappa shape index (κ3) is 7.49. The van der Waals surface area contributed by atoms with Crippen LogP contribution in [0.1, 0.15) is 96.2 Å². The number of aryl methyl sites for hydroxylation is 1. The fraction of sp³-hybridized carbons (Fsp3) is 0.605. The summed E-state index contributed by atoms with van der Waals surface area (Å²) < 4.78 is 41.6. The number of ether oxygens (including phenoxy) is 2. The van der Waals surface area contributed by atoms with Gasteiger partial charge in [-0.3, -0.25) is 19.1 Å². The van der Waals surface area contributed by atoms with E-state index in [1.54, 1.807) is 30.7 Å². The van der Waals surface area contributed by atoms with Gasteiger partial charge in [0.1, 0.15) is 23.1 Å². The van der Waals surface area contributed by atoms with E-state index in [2.05, 4.69) is 30.8 Å². The standard InChI is InChI=1S/C38H52N6O7S/c1-8-9-10-16-43(6)36(46)29-19-25(18-28(29)35(45)40-38(21-23(38)4)37(47)42-52(48,49)26-11-12-26)51-32-20-33(44-17-15-30(41-44)22(2)3)39-34-24(5)31(50-7)14-13-27(32)34/h13-15,17,20,22-23,25-26,28-29H,8-12,16,18-19,21H2,1-7H3,(H,40,45)(H,42,47)/t23-,25-,28-,29-,38-/m1/s1. The number of amides is 3. The fourth-order valence-corrected chi connectivity index (χ4v) is 8.73. The number of nitrogens with one attached hydrogen (secondary N) is 2. The predicted octanol–water partition coefficient (Wildman–Crippen LogP) is 4.79. The van der Waals surface area contributed by atoms with Gasteiger partial charge in [0.05, 0.1) is 35.4 Å². The molecule has 14 heteroatoms. The number of methoxy groups -OCH3 is 1. The first-order valence-electron chi connectivity index (χ1n) is 18.5. The largest absolute Gasteiger partial charge is 0.496 e. The topological polar surface area (TPSA) is 162 Å². The van der Waals surface area contributed by atoms with Crippen molar-refractivity contribution in [2.45, 2.75) is 109 Å². The molecule has 3 fully saturated rings. The van der Waals surface area contributed by atoms with Crippen LogP contribution in [0.2, 0.25) is 0 Å². The van der Waals surface area contributed by atoms with Gasteiger partial charge in [-0.25, -0.2) is 18.1 Å². The Balaban J connectivity index is 1.30. The maximum absolute atomic E-state index is 14.2. The van der Waals surface area contributed by atoms with Crippen LogP contribution < -0.4 is 19.5 Å². The highest BCUT2D eigenvalue weighted by Crippen LogP contribution is 2.46. The quantitative estimate of drug-likeness (QED) is 0.209. The average Bonchev–Trinajstić information content (AvgIpc) is 3.96. The normalized spacial score (nSPS) is 24.2. The molecule has 3 aromatic rings. The summed E-state index contributed by atoms with van der Waals surface area (Å²) in [5.41, 5.74) is 1.09. The Bertz CT molecular complexity index is 1960. The van der Waals surface area contributed by atoms with Crippen molar-refractivity contribution in [2.75, 3.05) is 20.7 Å². The minimum atomic E-state index is -3.80. The number of nitrogens with zero attached hydrogens (tertiary/aromatic N) is 4. The molecule has 6 rings (SSSR count). The van der Waals surface area contributed by atoms with Crippen LogP contribution in [0, 0.1) is 24.7 Å². The molecule has 5 atom stereocenters. The van der Waals surface area contributed by atoms with Crippen LogP contribution in [-0.2, 0) is 24.4 Å². The molecule has 2 aromatic heterocycles. The summed E-state index contributed by atoms with van der Waals surface area (Å²) in [6.07, 6.45) is 6.03. The van der Waals surface area contributed by atoms with Crippen molar-refractivity contribution in [2.24, 2.45) is 17.8 Å². The average molecular weight is 737 g/mol. The molecule has 3 saturated carbocycles. The first kappa shape index (κ1) is 37.6. The number of aromatic nitrogens is 3. The number of benzene rings is 1. The lowest BCUT2D eigenvalue weighted by Gasteiger charge is -2.26. The molecule has 3 amide bonds. The maximum atomic E-state index is 14.2. The highest BCUT2D eigenvalue weighted by molar-refractivity contribution is 7.91. The number of rotatable bonds is 15. The summed E-state index contributed by atoms with van der Waals surface area (Å²) in [5, 5.41) is 7.84. The molecule has 2 heterocycles. The molecule has 3 aliphatic rings. The number of carbonyl (C=O) groups excluding carboxylic acids is 3. The van der Waals surface area contributed by atoms with Gasteiger partial charge < -0.3 is 19.7 Å². The monoisotopic (exact) mass is 736 g/mol. The number of carbonyl (C=O) groups is 3.